The first-order valence-electron chi connectivity index (χ1n) is 4.84. The van der Waals surface area contributed by atoms with Gasteiger partial charge in [0.15, 0.2) is 11.6 Å². The Hall–Kier alpha value is -1.95. The van der Waals surface area contributed by atoms with Crippen LogP contribution in [0.3, 0.4) is 0 Å². The number of aromatic nitrogens is 4. The fourth-order valence-corrected chi connectivity index (χ4v) is 1.36. The average molecular weight is 219 g/mol. The molecular weight excluding hydrogens is 206 g/mol. The Kier molecular flexibility index (Phi) is 2.82. The van der Waals surface area contributed by atoms with Crippen LogP contribution in [0.5, 0.6) is 0 Å². The third-order valence-corrected chi connectivity index (χ3v) is 2.01. The number of aryl methyl sites for hydroxylation is 1. The molecule has 2 aromatic heterocycles. The van der Waals surface area contributed by atoms with Crippen LogP contribution in [-0.4, -0.2) is 26.9 Å². The second kappa shape index (κ2) is 4.28. The van der Waals surface area contributed by atoms with Crippen LogP contribution in [0.15, 0.2) is 18.3 Å². The molecule has 0 aliphatic heterocycles. The molecule has 2 N–H and O–H groups in total. The molecule has 0 aliphatic rings. The van der Waals surface area contributed by atoms with Gasteiger partial charge in [0.1, 0.15) is 12.4 Å². The van der Waals surface area contributed by atoms with E-state index in [4.69, 9.17) is 10.5 Å². The molecule has 2 rings (SSSR count). The highest BCUT2D eigenvalue weighted by Crippen LogP contribution is 2.09. The minimum absolute atomic E-state index is 0.332. The number of methoxy groups -OCH3 is 1. The van der Waals surface area contributed by atoms with Crippen LogP contribution in [0.4, 0.5) is 5.82 Å². The highest BCUT2D eigenvalue weighted by molar-refractivity contribution is 5.36. The van der Waals surface area contributed by atoms with Gasteiger partial charge in [-0.2, -0.15) is 5.10 Å². The lowest BCUT2D eigenvalue weighted by molar-refractivity contribution is 0.178. The zero-order valence-electron chi connectivity index (χ0n) is 9.21. The summed E-state index contributed by atoms with van der Waals surface area (Å²) in [4.78, 5) is 8.35. The fraction of sp³-hybridized carbons (Fsp3) is 0.300. The van der Waals surface area contributed by atoms with Crippen LogP contribution >= 0.6 is 0 Å². The monoisotopic (exact) mass is 219 g/mol. The van der Waals surface area contributed by atoms with Crippen molar-refractivity contribution in [1.82, 2.24) is 19.7 Å². The molecule has 0 atom stereocenters. The molecular formula is C10H13N5O. The van der Waals surface area contributed by atoms with Crippen molar-refractivity contribution in [3.8, 4) is 5.82 Å². The van der Waals surface area contributed by atoms with Crippen molar-refractivity contribution in [3.63, 3.8) is 0 Å². The van der Waals surface area contributed by atoms with E-state index in [-0.39, 0.29) is 0 Å². The Morgan fingerprint density at radius 2 is 2.25 bits per heavy atom. The standard InChI is InChI=1S/C10H13N5O/c1-7-3-4-15(14-7)10-5-8(11)12-9(13-10)6-16-2/h3-5H,6H2,1-2H3,(H2,11,12,13). The van der Waals surface area contributed by atoms with Crippen molar-refractivity contribution in [1.29, 1.82) is 0 Å². The highest BCUT2D eigenvalue weighted by Gasteiger charge is 2.05. The lowest BCUT2D eigenvalue weighted by atomic mass is 10.5. The van der Waals surface area contributed by atoms with E-state index in [0.717, 1.165) is 5.69 Å². The van der Waals surface area contributed by atoms with Crippen LogP contribution in [0.2, 0.25) is 0 Å². The fourth-order valence-electron chi connectivity index (χ4n) is 1.36. The molecule has 0 saturated carbocycles. The lowest BCUT2D eigenvalue weighted by Crippen LogP contribution is -2.07. The van der Waals surface area contributed by atoms with Gasteiger partial charge in [0.05, 0.1) is 5.69 Å². The number of anilines is 1. The van der Waals surface area contributed by atoms with Gasteiger partial charge in [-0.05, 0) is 13.0 Å². The molecule has 0 bridgehead atoms. The maximum Gasteiger partial charge on any atom is 0.159 e. The molecule has 0 unspecified atom stereocenters. The SMILES string of the molecule is COCc1nc(N)cc(-n2ccc(C)n2)n1. The maximum atomic E-state index is 5.69. The van der Waals surface area contributed by atoms with Crippen LogP contribution in [0.1, 0.15) is 11.5 Å². The van der Waals surface area contributed by atoms with E-state index in [2.05, 4.69) is 15.1 Å². The number of hydrogen-bond donors (Lipinski definition) is 1. The summed E-state index contributed by atoms with van der Waals surface area (Å²) in [6, 6.07) is 3.57. The number of nitrogens with two attached hydrogens (primary N) is 1. The summed E-state index contributed by atoms with van der Waals surface area (Å²) in [5.41, 5.74) is 6.61. The number of nitrogens with zero attached hydrogens (tertiary/aromatic N) is 4. The summed E-state index contributed by atoms with van der Waals surface area (Å²) in [7, 11) is 1.59. The molecule has 0 saturated heterocycles. The molecule has 0 fully saturated rings. The second-order valence-corrected chi connectivity index (χ2v) is 3.40. The minimum atomic E-state index is 0.332. The van der Waals surface area contributed by atoms with E-state index in [1.54, 1.807) is 17.9 Å². The van der Waals surface area contributed by atoms with Crippen LogP contribution in [0, 0.1) is 6.92 Å². The largest absolute Gasteiger partial charge is 0.384 e. The zero-order chi connectivity index (χ0) is 11.5. The van der Waals surface area contributed by atoms with Crippen LogP contribution in [-0.2, 0) is 11.3 Å². The predicted octanol–water partition coefficient (Wildman–Crippen LogP) is 0.699. The molecule has 0 aliphatic carbocycles. The van der Waals surface area contributed by atoms with Crippen LogP contribution in [0.25, 0.3) is 5.82 Å². The molecule has 0 amide bonds. The molecule has 2 aromatic rings. The predicted molar refractivity (Wildman–Crippen MR) is 59.0 cm³/mol. The lowest BCUT2D eigenvalue weighted by Gasteiger charge is -2.04. The van der Waals surface area contributed by atoms with E-state index in [1.165, 1.54) is 0 Å². The molecule has 0 radical (unpaired) electrons. The summed E-state index contributed by atoms with van der Waals surface area (Å²) in [6.07, 6.45) is 1.83. The zero-order valence-corrected chi connectivity index (χ0v) is 9.21. The first-order valence-corrected chi connectivity index (χ1v) is 4.84. The quantitative estimate of drug-likeness (QED) is 0.822. The minimum Gasteiger partial charge on any atom is -0.384 e. The van der Waals surface area contributed by atoms with E-state index < -0.39 is 0 Å². The Morgan fingerprint density at radius 1 is 1.44 bits per heavy atom. The van der Waals surface area contributed by atoms with Gasteiger partial charge in [-0.3, -0.25) is 0 Å². The van der Waals surface area contributed by atoms with Crippen molar-refractivity contribution in [2.24, 2.45) is 0 Å². The molecule has 16 heavy (non-hydrogen) atoms. The molecule has 6 nitrogen and oxygen atoms in total. The number of ether oxygens (including phenoxy) is 1. The van der Waals surface area contributed by atoms with E-state index in [0.29, 0.717) is 24.1 Å². The molecule has 0 spiro atoms. The number of hydrogen-bond acceptors (Lipinski definition) is 5. The van der Waals surface area contributed by atoms with Gasteiger partial charge >= 0.3 is 0 Å². The smallest absolute Gasteiger partial charge is 0.159 e. The number of rotatable bonds is 3. The third kappa shape index (κ3) is 2.17. The molecule has 2 heterocycles. The van der Waals surface area contributed by atoms with Gasteiger partial charge in [0.25, 0.3) is 0 Å². The van der Waals surface area contributed by atoms with Crippen molar-refractivity contribution >= 4 is 5.82 Å². The van der Waals surface area contributed by atoms with Gasteiger partial charge in [0, 0.05) is 19.4 Å². The van der Waals surface area contributed by atoms with Crippen LogP contribution < -0.4 is 5.73 Å². The van der Waals surface area contributed by atoms with Gasteiger partial charge in [-0.25, -0.2) is 14.6 Å². The summed E-state index contributed by atoms with van der Waals surface area (Å²) in [6.45, 7) is 2.25. The highest BCUT2D eigenvalue weighted by atomic mass is 16.5. The third-order valence-electron chi connectivity index (χ3n) is 2.01. The molecule has 84 valence electrons. The van der Waals surface area contributed by atoms with Gasteiger partial charge < -0.3 is 10.5 Å². The Morgan fingerprint density at radius 3 is 2.88 bits per heavy atom. The van der Waals surface area contributed by atoms with Crippen molar-refractivity contribution in [2.75, 3.05) is 12.8 Å². The average Bonchev–Trinajstić information content (AvgIpc) is 2.64. The van der Waals surface area contributed by atoms with Gasteiger partial charge in [-0.1, -0.05) is 0 Å². The Labute approximate surface area is 93.1 Å². The number of nitrogen functional groups attached to an aromatic ring is 1. The summed E-state index contributed by atoms with van der Waals surface area (Å²) >= 11 is 0. The van der Waals surface area contributed by atoms with Crippen molar-refractivity contribution in [3.05, 3.63) is 29.8 Å². The van der Waals surface area contributed by atoms with Gasteiger partial charge in [-0.15, -0.1) is 0 Å². The Bertz CT molecular complexity index is 494. The summed E-state index contributed by atoms with van der Waals surface area (Å²) < 4.78 is 6.63. The van der Waals surface area contributed by atoms with E-state index >= 15 is 0 Å². The molecule has 0 aromatic carbocycles. The first kappa shape index (κ1) is 10.6. The Balaban J connectivity index is 2.40. The topological polar surface area (TPSA) is 78.9 Å². The van der Waals surface area contributed by atoms with Crippen molar-refractivity contribution in [2.45, 2.75) is 13.5 Å². The first-order chi connectivity index (χ1) is 7.69. The van der Waals surface area contributed by atoms with Gasteiger partial charge in [0.2, 0.25) is 0 Å². The van der Waals surface area contributed by atoms with Crippen molar-refractivity contribution < 1.29 is 4.74 Å². The second-order valence-electron chi connectivity index (χ2n) is 3.40. The maximum absolute atomic E-state index is 5.69. The van der Waals surface area contributed by atoms with E-state index in [1.807, 2.05) is 19.2 Å². The molecule has 6 heteroatoms. The summed E-state index contributed by atoms with van der Waals surface area (Å²) in [5, 5.41) is 4.25. The normalized spacial score (nSPS) is 10.6. The van der Waals surface area contributed by atoms with E-state index in [9.17, 15) is 0 Å². The summed E-state index contributed by atoms with van der Waals surface area (Å²) in [5.74, 6) is 1.60.